The van der Waals surface area contributed by atoms with Crippen molar-refractivity contribution in [2.24, 2.45) is 0 Å². The molecule has 0 N–H and O–H groups in total. The molecule has 1 amide bonds. The molecule has 1 saturated heterocycles. The molecule has 6 heteroatoms. The first-order chi connectivity index (χ1) is 12.6. The maximum absolute atomic E-state index is 13.8. The van der Waals surface area contributed by atoms with Crippen molar-refractivity contribution < 1.29 is 18.7 Å². The number of halogens is 1. The van der Waals surface area contributed by atoms with Crippen molar-refractivity contribution in [1.82, 2.24) is 9.80 Å². The number of hydrogen-bond donors (Lipinski definition) is 0. The van der Waals surface area contributed by atoms with Crippen molar-refractivity contribution in [1.29, 1.82) is 0 Å². The molecule has 0 bridgehead atoms. The summed E-state index contributed by atoms with van der Waals surface area (Å²) in [6.45, 7) is 3.11. The number of methoxy groups -OCH3 is 1. The number of amides is 1. The van der Waals surface area contributed by atoms with Gasteiger partial charge < -0.3 is 9.64 Å². The zero-order valence-corrected chi connectivity index (χ0v) is 14.7. The number of carbonyl (C=O) groups excluding carboxylic acids is 2. The van der Waals surface area contributed by atoms with E-state index in [1.807, 2.05) is 6.07 Å². The van der Waals surface area contributed by atoms with Crippen LogP contribution in [0.2, 0.25) is 0 Å². The minimum absolute atomic E-state index is 0.0630. The molecule has 0 spiro atoms. The first kappa shape index (κ1) is 18.1. The van der Waals surface area contributed by atoms with E-state index in [0.29, 0.717) is 49.4 Å². The van der Waals surface area contributed by atoms with E-state index >= 15 is 0 Å². The Morgan fingerprint density at radius 3 is 2.19 bits per heavy atom. The molecular weight excluding hydrogens is 335 g/mol. The van der Waals surface area contributed by atoms with Crippen LogP contribution >= 0.6 is 0 Å². The summed E-state index contributed by atoms with van der Waals surface area (Å²) in [5.74, 6) is -0.686. The fourth-order valence-electron chi connectivity index (χ4n) is 3.03. The Balaban J connectivity index is 1.56. The van der Waals surface area contributed by atoms with Gasteiger partial charge in [0.15, 0.2) is 0 Å². The summed E-state index contributed by atoms with van der Waals surface area (Å²) in [6.07, 6.45) is 0. The molecule has 1 fully saturated rings. The highest BCUT2D eigenvalue weighted by Crippen LogP contribution is 2.14. The Labute approximate surface area is 152 Å². The fraction of sp³-hybridized carbons (Fsp3) is 0.300. The van der Waals surface area contributed by atoms with Gasteiger partial charge in [0.25, 0.3) is 5.91 Å². The third-order valence-corrected chi connectivity index (χ3v) is 4.56. The van der Waals surface area contributed by atoms with Crippen molar-refractivity contribution >= 4 is 11.9 Å². The SMILES string of the molecule is COC(=O)c1ccc(C(=O)N2CCN(Cc3ccccc3F)CC2)cc1. The van der Waals surface area contributed by atoms with Gasteiger partial charge in [0, 0.05) is 43.9 Å². The van der Waals surface area contributed by atoms with Gasteiger partial charge in [-0.25, -0.2) is 9.18 Å². The van der Waals surface area contributed by atoms with Crippen LogP contribution in [0.15, 0.2) is 48.5 Å². The molecule has 1 heterocycles. The third kappa shape index (κ3) is 4.08. The summed E-state index contributed by atoms with van der Waals surface area (Å²) < 4.78 is 18.4. The van der Waals surface area contributed by atoms with Gasteiger partial charge in [-0.3, -0.25) is 9.69 Å². The van der Waals surface area contributed by atoms with Gasteiger partial charge in [0.05, 0.1) is 12.7 Å². The highest BCUT2D eigenvalue weighted by Gasteiger charge is 2.22. The number of rotatable bonds is 4. The van der Waals surface area contributed by atoms with Gasteiger partial charge in [-0.05, 0) is 30.3 Å². The molecule has 0 atom stereocenters. The molecule has 0 aliphatic carbocycles. The van der Waals surface area contributed by atoms with Gasteiger partial charge in [0.1, 0.15) is 5.82 Å². The Hall–Kier alpha value is -2.73. The second-order valence-electron chi connectivity index (χ2n) is 6.23. The summed E-state index contributed by atoms with van der Waals surface area (Å²) in [6, 6.07) is 13.2. The second kappa shape index (κ2) is 8.10. The normalized spacial score (nSPS) is 14.9. The lowest BCUT2D eigenvalue weighted by Crippen LogP contribution is -2.48. The van der Waals surface area contributed by atoms with E-state index in [-0.39, 0.29) is 11.7 Å². The number of carbonyl (C=O) groups is 2. The van der Waals surface area contributed by atoms with E-state index in [0.717, 1.165) is 0 Å². The summed E-state index contributed by atoms with van der Waals surface area (Å²) in [5, 5.41) is 0. The van der Waals surface area contributed by atoms with E-state index in [2.05, 4.69) is 9.64 Å². The largest absolute Gasteiger partial charge is 0.465 e. The summed E-state index contributed by atoms with van der Waals surface area (Å²) in [4.78, 5) is 28.0. The molecule has 136 valence electrons. The summed E-state index contributed by atoms with van der Waals surface area (Å²) in [7, 11) is 1.32. The highest BCUT2D eigenvalue weighted by atomic mass is 19.1. The number of piperazine rings is 1. The first-order valence-electron chi connectivity index (χ1n) is 8.52. The molecule has 0 unspecified atom stereocenters. The van der Waals surface area contributed by atoms with Crippen LogP contribution < -0.4 is 0 Å². The van der Waals surface area contributed by atoms with Gasteiger partial charge in [-0.2, -0.15) is 0 Å². The Bertz CT molecular complexity index is 784. The fourth-order valence-corrected chi connectivity index (χ4v) is 3.03. The van der Waals surface area contributed by atoms with Crippen LogP contribution in [0.5, 0.6) is 0 Å². The molecule has 0 radical (unpaired) electrons. The van der Waals surface area contributed by atoms with Crippen LogP contribution in [0.3, 0.4) is 0 Å². The molecule has 26 heavy (non-hydrogen) atoms. The standard InChI is InChI=1S/C20H21FN2O3/c1-26-20(25)16-8-6-15(7-9-16)19(24)23-12-10-22(11-13-23)14-17-4-2-3-5-18(17)21/h2-9H,10-14H2,1H3. The van der Waals surface area contributed by atoms with Crippen LogP contribution in [0, 0.1) is 5.82 Å². The molecule has 0 aromatic heterocycles. The average Bonchev–Trinajstić information content (AvgIpc) is 2.69. The smallest absolute Gasteiger partial charge is 0.337 e. The van der Waals surface area contributed by atoms with Crippen molar-refractivity contribution in [2.45, 2.75) is 6.54 Å². The number of benzene rings is 2. The zero-order chi connectivity index (χ0) is 18.5. The van der Waals surface area contributed by atoms with Gasteiger partial charge in [0.2, 0.25) is 0 Å². The highest BCUT2D eigenvalue weighted by molar-refractivity contribution is 5.96. The van der Waals surface area contributed by atoms with E-state index in [1.165, 1.54) is 13.2 Å². The zero-order valence-electron chi connectivity index (χ0n) is 14.7. The minimum Gasteiger partial charge on any atom is -0.465 e. The molecule has 3 rings (SSSR count). The average molecular weight is 356 g/mol. The van der Waals surface area contributed by atoms with Crippen LogP contribution in [0.1, 0.15) is 26.3 Å². The lowest BCUT2D eigenvalue weighted by atomic mass is 10.1. The van der Waals surface area contributed by atoms with Gasteiger partial charge in [-0.1, -0.05) is 18.2 Å². The summed E-state index contributed by atoms with van der Waals surface area (Å²) >= 11 is 0. The van der Waals surface area contributed by atoms with Crippen LogP contribution in [-0.4, -0.2) is 55.0 Å². The van der Waals surface area contributed by atoms with E-state index in [1.54, 1.807) is 41.3 Å². The maximum atomic E-state index is 13.8. The van der Waals surface area contributed by atoms with E-state index in [4.69, 9.17) is 0 Å². The predicted octanol–water partition coefficient (Wildman–Crippen LogP) is 2.57. The van der Waals surface area contributed by atoms with Gasteiger partial charge in [-0.15, -0.1) is 0 Å². The Morgan fingerprint density at radius 1 is 0.962 bits per heavy atom. The van der Waals surface area contributed by atoms with Crippen LogP contribution in [-0.2, 0) is 11.3 Å². The predicted molar refractivity (Wildman–Crippen MR) is 95.4 cm³/mol. The van der Waals surface area contributed by atoms with Crippen LogP contribution in [0.4, 0.5) is 4.39 Å². The number of nitrogens with zero attached hydrogens (tertiary/aromatic N) is 2. The third-order valence-electron chi connectivity index (χ3n) is 4.56. The van der Waals surface area contributed by atoms with Gasteiger partial charge >= 0.3 is 5.97 Å². The lowest BCUT2D eigenvalue weighted by Gasteiger charge is -2.34. The van der Waals surface area contributed by atoms with E-state index < -0.39 is 5.97 Å². The van der Waals surface area contributed by atoms with E-state index in [9.17, 15) is 14.0 Å². The quantitative estimate of drug-likeness (QED) is 0.790. The molecular formula is C20H21FN2O3. The summed E-state index contributed by atoms with van der Waals surface area (Å²) in [5.41, 5.74) is 1.63. The molecule has 1 aliphatic heterocycles. The Morgan fingerprint density at radius 2 is 1.58 bits per heavy atom. The van der Waals surface area contributed by atoms with Crippen molar-refractivity contribution in [2.75, 3.05) is 33.3 Å². The van der Waals surface area contributed by atoms with Crippen molar-refractivity contribution in [3.8, 4) is 0 Å². The Kier molecular flexibility index (Phi) is 5.63. The number of hydrogen-bond acceptors (Lipinski definition) is 4. The molecule has 1 aliphatic rings. The topological polar surface area (TPSA) is 49.9 Å². The number of ether oxygens (including phenoxy) is 1. The maximum Gasteiger partial charge on any atom is 0.337 e. The molecule has 5 nitrogen and oxygen atoms in total. The van der Waals surface area contributed by atoms with Crippen molar-refractivity contribution in [3.05, 3.63) is 71.0 Å². The second-order valence-corrected chi connectivity index (χ2v) is 6.23. The number of esters is 1. The molecule has 0 saturated carbocycles. The lowest BCUT2D eigenvalue weighted by molar-refractivity contribution is 0.0596. The first-order valence-corrected chi connectivity index (χ1v) is 8.52. The minimum atomic E-state index is -0.425. The monoisotopic (exact) mass is 356 g/mol. The van der Waals surface area contributed by atoms with Crippen LogP contribution in [0.25, 0.3) is 0 Å². The molecule has 2 aromatic carbocycles. The van der Waals surface area contributed by atoms with Crippen molar-refractivity contribution in [3.63, 3.8) is 0 Å². The molecule has 2 aromatic rings.